The summed E-state index contributed by atoms with van der Waals surface area (Å²) < 4.78 is 0. The fourth-order valence-corrected chi connectivity index (χ4v) is 3.81. The predicted octanol–water partition coefficient (Wildman–Crippen LogP) is 5.49. The van der Waals surface area contributed by atoms with Crippen LogP contribution < -0.4 is 0 Å². The highest BCUT2D eigenvalue weighted by atomic mass is 32.2. The van der Waals surface area contributed by atoms with E-state index in [4.69, 9.17) is 4.99 Å². The van der Waals surface area contributed by atoms with Crippen molar-refractivity contribution in [2.75, 3.05) is 0 Å². The summed E-state index contributed by atoms with van der Waals surface area (Å²) in [5, 5.41) is 0.706. The van der Waals surface area contributed by atoms with E-state index in [0.29, 0.717) is 16.6 Å². The molecule has 0 bridgehead atoms. The van der Waals surface area contributed by atoms with Crippen LogP contribution in [-0.2, 0) is 11.3 Å². The highest BCUT2D eigenvalue weighted by Gasteiger charge is 2.33. The topological polar surface area (TPSA) is 32.7 Å². The minimum absolute atomic E-state index is 0.0117. The molecule has 0 aliphatic carbocycles. The zero-order chi connectivity index (χ0) is 18.5. The van der Waals surface area contributed by atoms with Crippen LogP contribution in [0.3, 0.4) is 0 Å². The molecule has 3 aromatic carbocycles. The lowest BCUT2D eigenvalue weighted by molar-refractivity contribution is -0.122. The summed E-state index contributed by atoms with van der Waals surface area (Å²) in [6, 6.07) is 29.6. The van der Waals surface area contributed by atoms with E-state index < -0.39 is 0 Å². The van der Waals surface area contributed by atoms with Gasteiger partial charge in [0.05, 0.1) is 17.1 Å². The van der Waals surface area contributed by atoms with Gasteiger partial charge in [0.1, 0.15) is 0 Å². The molecule has 0 radical (unpaired) electrons. The summed E-state index contributed by atoms with van der Waals surface area (Å²) in [5.41, 5.74) is 2.92. The Bertz CT molecular complexity index is 983. The van der Waals surface area contributed by atoms with E-state index in [1.54, 1.807) is 4.90 Å². The zero-order valence-electron chi connectivity index (χ0n) is 14.7. The molecule has 1 saturated heterocycles. The Kier molecular flexibility index (Phi) is 5.17. The molecule has 3 nitrogen and oxygen atoms in total. The van der Waals surface area contributed by atoms with Gasteiger partial charge in [-0.25, -0.2) is 4.99 Å². The van der Waals surface area contributed by atoms with E-state index in [1.807, 2.05) is 97.1 Å². The highest BCUT2D eigenvalue weighted by molar-refractivity contribution is 8.18. The van der Waals surface area contributed by atoms with Gasteiger partial charge in [0.15, 0.2) is 5.17 Å². The first-order valence-electron chi connectivity index (χ1n) is 8.74. The second-order valence-corrected chi connectivity index (χ2v) is 7.14. The molecule has 1 aliphatic heterocycles. The number of carbonyl (C=O) groups excluding carboxylic acids is 1. The third kappa shape index (κ3) is 4.18. The molecule has 0 saturated carbocycles. The molecule has 0 aromatic heterocycles. The van der Waals surface area contributed by atoms with Crippen molar-refractivity contribution in [2.45, 2.75) is 6.54 Å². The van der Waals surface area contributed by atoms with Crippen LogP contribution in [0.1, 0.15) is 11.1 Å². The number of amides is 1. The van der Waals surface area contributed by atoms with E-state index in [9.17, 15) is 4.79 Å². The quantitative estimate of drug-likeness (QED) is 0.569. The third-order valence-electron chi connectivity index (χ3n) is 4.15. The van der Waals surface area contributed by atoms with Crippen molar-refractivity contribution in [3.63, 3.8) is 0 Å². The predicted molar refractivity (Wildman–Crippen MR) is 113 cm³/mol. The Hall–Kier alpha value is -3.11. The number of hydrogen-bond acceptors (Lipinski definition) is 3. The van der Waals surface area contributed by atoms with Crippen molar-refractivity contribution in [1.82, 2.24) is 4.90 Å². The van der Waals surface area contributed by atoms with E-state index in [1.165, 1.54) is 11.8 Å². The van der Waals surface area contributed by atoms with Gasteiger partial charge in [-0.05, 0) is 41.1 Å². The molecule has 1 aliphatic rings. The number of benzene rings is 3. The number of hydrogen-bond donors (Lipinski definition) is 0. The number of thioether (sulfide) groups is 1. The maximum absolute atomic E-state index is 13.1. The average Bonchev–Trinajstić information content (AvgIpc) is 2.99. The molecule has 0 spiro atoms. The summed E-state index contributed by atoms with van der Waals surface area (Å²) >= 11 is 1.42. The van der Waals surface area contributed by atoms with Gasteiger partial charge in [-0.1, -0.05) is 78.9 Å². The maximum Gasteiger partial charge on any atom is 0.267 e. The van der Waals surface area contributed by atoms with Crippen molar-refractivity contribution in [2.24, 2.45) is 4.99 Å². The van der Waals surface area contributed by atoms with Gasteiger partial charge >= 0.3 is 0 Å². The van der Waals surface area contributed by atoms with Gasteiger partial charge in [-0.15, -0.1) is 0 Å². The van der Waals surface area contributed by atoms with Gasteiger partial charge in [0, 0.05) is 0 Å². The second kappa shape index (κ2) is 8.06. The molecular weight excluding hydrogens is 352 g/mol. The molecule has 3 aromatic rings. The van der Waals surface area contributed by atoms with Crippen LogP contribution in [0.4, 0.5) is 5.69 Å². The fourth-order valence-electron chi connectivity index (χ4n) is 2.81. The number of nitrogens with zero attached hydrogens (tertiary/aromatic N) is 2. The second-order valence-electron chi connectivity index (χ2n) is 6.13. The standard InChI is InChI=1S/C23H18N2OS/c26-22-21(16-18-10-4-1-5-11-18)27-23(24-20-14-8-3-9-15-20)25(22)17-19-12-6-2-7-13-19/h1-16H,17H2/b21-16-,24-23-. The Balaban J connectivity index is 1.69. The largest absolute Gasteiger partial charge is 0.282 e. The Morgan fingerprint density at radius 3 is 2.07 bits per heavy atom. The number of amidine groups is 1. The summed E-state index contributed by atoms with van der Waals surface area (Å²) in [7, 11) is 0. The lowest BCUT2D eigenvalue weighted by Gasteiger charge is -2.15. The monoisotopic (exact) mass is 370 g/mol. The summed E-state index contributed by atoms with van der Waals surface area (Å²) in [6.07, 6.45) is 1.93. The first-order valence-corrected chi connectivity index (χ1v) is 9.55. The van der Waals surface area contributed by atoms with Crippen molar-refractivity contribution in [3.8, 4) is 0 Å². The summed E-state index contributed by atoms with van der Waals surface area (Å²) in [6.45, 7) is 0.504. The first-order chi connectivity index (χ1) is 13.3. The molecular formula is C23H18N2OS. The molecule has 4 heteroatoms. The Labute approximate surface area is 163 Å². The average molecular weight is 370 g/mol. The molecule has 1 fully saturated rings. The van der Waals surface area contributed by atoms with E-state index >= 15 is 0 Å². The minimum Gasteiger partial charge on any atom is -0.282 e. The number of carbonyl (C=O) groups is 1. The van der Waals surface area contributed by atoms with Gasteiger partial charge in [0.2, 0.25) is 0 Å². The lowest BCUT2D eigenvalue weighted by Crippen LogP contribution is -2.28. The van der Waals surface area contributed by atoms with Crippen LogP contribution in [0.15, 0.2) is 101 Å². The molecule has 0 N–H and O–H groups in total. The van der Waals surface area contributed by atoms with Crippen molar-refractivity contribution >= 4 is 34.6 Å². The van der Waals surface area contributed by atoms with Gasteiger partial charge in [0.25, 0.3) is 5.91 Å². The van der Waals surface area contributed by atoms with E-state index in [0.717, 1.165) is 16.8 Å². The number of para-hydroxylation sites is 1. The van der Waals surface area contributed by atoms with Crippen LogP contribution in [0.2, 0.25) is 0 Å². The van der Waals surface area contributed by atoms with Gasteiger partial charge < -0.3 is 0 Å². The minimum atomic E-state index is -0.0117. The highest BCUT2D eigenvalue weighted by Crippen LogP contribution is 2.35. The van der Waals surface area contributed by atoms with Gasteiger partial charge in [-0.2, -0.15) is 0 Å². The smallest absolute Gasteiger partial charge is 0.267 e. The Morgan fingerprint density at radius 1 is 0.815 bits per heavy atom. The van der Waals surface area contributed by atoms with E-state index in [-0.39, 0.29) is 5.91 Å². The number of rotatable bonds is 4. The van der Waals surface area contributed by atoms with Crippen molar-refractivity contribution in [1.29, 1.82) is 0 Å². The summed E-state index contributed by atoms with van der Waals surface area (Å²) in [4.78, 5) is 20.2. The van der Waals surface area contributed by atoms with Crippen LogP contribution in [-0.4, -0.2) is 16.0 Å². The molecule has 1 amide bonds. The third-order valence-corrected chi connectivity index (χ3v) is 5.16. The number of aliphatic imine (C=N–C) groups is 1. The molecule has 4 rings (SSSR count). The first kappa shape index (κ1) is 17.3. The zero-order valence-corrected chi connectivity index (χ0v) is 15.5. The molecule has 0 unspecified atom stereocenters. The van der Waals surface area contributed by atoms with E-state index in [2.05, 4.69) is 0 Å². The Morgan fingerprint density at radius 2 is 1.41 bits per heavy atom. The van der Waals surface area contributed by atoms with Crippen LogP contribution in [0.25, 0.3) is 6.08 Å². The molecule has 27 heavy (non-hydrogen) atoms. The SMILES string of the molecule is O=C1/C(=C/c2ccccc2)S/C(=N\c2ccccc2)N1Cc1ccccc1. The molecule has 1 heterocycles. The normalized spacial score (nSPS) is 17.0. The van der Waals surface area contributed by atoms with Crippen LogP contribution >= 0.6 is 11.8 Å². The maximum atomic E-state index is 13.1. The summed E-state index contributed by atoms with van der Waals surface area (Å²) in [5.74, 6) is -0.0117. The van der Waals surface area contributed by atoms with Crippen LogP contribution in [0.5, 0.6) is 0 Å². The van der Waals surface area contributed by atoms with Crippen molar-refractivity contribution in [3.05, 3.63) is 107 Å². The lowest BCUT2D eigenvalue weighted by atomic mass is 10.2. The van der Waals surface area contributed by atoms with Crippen molar-refractivity contribution < 1.29 is 4.79 Å². The molecule has 132 valence electrons. The fraction of sp³-hybridized carbons (Fsp3) is 0.0435. The van der Waals surface area contributed by atoms with Gasteiger partial charge in [-0.3, -0.25) is 9.69 Å². The van der Waals surface area contributed by atoms with Crippen LogP contribution in [0, 0.1) is 0 Å². The molecule has 0 atom stereocenters.